The zero-order valence-corrected chi connectivity index (χ0v) is 18.4. The molecule has 0 radical (unpaired) electrons. The average Bonchev–Trinajstić information content (AvgIpc) is 3.56. The van der Waals surface area contributed by atoms with Gasteiger partial charge in [0.05, 0.1) is 22.9 Å². The molecule has 5 rings (SSSR count). The number of rotatable bonds is 5. The van der Waals surface area contributed by atoms with Crippen molar-refractivity contribution in [2.45, 2.75) is 18.9 Å². The minimum Gasteiger partial charge on any atom is -0.349 e. The van der Waals surface area contributed by atoms with Crippen molar-refractivity contribution in [3.63, 3.8) is 0 Å². The van der Waals surface area contributed by atoms with E-state index < -0.39 is 0 Å². The number of anilines is 2. The van der Waals surface area contributed by atoms with Crippen molar-refractivity contribution in [3.05, 3.63) is 52.6 Å². The minimum atomic E-state index is -0.327. The molecule has 2 aromatic carbocycles. The minimum absolute atomic E-state index is 0.0734. The van der Waals surface area contributed by atoms with Gasteiger partial charge in [0.25, 0.3) is 5.91 Å². The maximum Gasteiger partial charge on any atom is 0.272 e. The standard InChI is InChI=1S/C21H19BrN8O2/c22-12-6-7-14(13(10-12)19-27-29-30-28-19)25-21(32)17-9-11-3-1-4-15(18(11)24-17)26-20(31)16-5-2-8-23-16/h1,3-4,6-7,9-10,16,23-24H,2,5,8H2,(H,25,32)(H,26,31)(H,27,28,29,30). The normalized spacial score (nSPS) is 15.7. The lowest BCUT2D eigenvalue weighted by atomic mass is 10.1. The summed E-state index contributed by atoms with van der Waals surface area (Å²) in [4.78, 5) is 28.7. The number of H-pyrrole nitrogens is 2. The zero-order valence-electron chi connectivity index (χ0n) is 16.8. The lowest BCUT2D eigenvalue weighted by Gasteiger charge is -2.11. The molecule has 3 heterocycles. The summed E-state index contributed by atoms with van der Waals surface area (Å²) in [6.07, 6.45) is 1.80. The number of nitrogens with one attached hydrogen (secondary N) is 5. The maximum atomic E-state index is 13.0. The molecule has 1 fully saturated rings. The Kier molecular flexibility index (Phi) is 5.41. The number of fused-ring (bicyclic) bond motifs is 1. The van der Waals surface area contributed by atoms with Gasteiger partial charge in [-0.15, -0.1) is 5.10 Å². The summed E-state index contributed by atoms with van der Waals surface area (Å²) < 4.78 is 0.824. The third-order valence-electron chi connectivity index (χ3n) is 5.37. The van der Waals surface area contributed by atoms with Crippen LogP contribution in [0.25, 0.3) is 22.3 Å². The molecule has 1 aliphatic heterocycles. The Hall–Kier alpha value is -3.57. The first kappa shape index (κ1) is 20.3. The number of nitrogens with zero attached hydrogens (tertiary/aromatic N) is 3. The van der Waals surface area contributed by atoms with E-state index in [0.29, 0.717) is 34.0 Å². The summed E-state index contributed by atoms with van der Waals surface area (Å²) >= 11 is 3.43. The van der Waals surface area contributed by atoms with Crippen molar-refractivity contribution in [3.8, 4) is 11.4 Å². The largest absolute Gasteiger partial charge is 0.349 e. The molecule has 0 bridgehead atoms. The van der Waals surface area contributed by atoms with Crippen LogP contribution in [-0.4, -0.2) is 50.0 Å². The fraction of sp³-hybridized carbons (Fsp3) is 0.190. The number of aromatic nitrogens is 5. The topological polar surface area (TPSA) is 140 Å². The highest BCUT2D eigenvalue weighted by molar-refractivity contribution is 9.10. The number of carbonyl (C=O) groups excluding carboxylic acids is 2. The molecule has 10 nitrogen and oxygen atoms in total. The highest BCUT2D eigenvalue weighted by atomic mass is 79.9. The van der Waals surface area contributed by atoms with Crippen molar-refractivity contribution < 1.29 is 9.59 Å². The molecule has 5 N–H and O–H groups in total. The van der Waals surface area contributed by atoms with Gasteiger partial charge in [0.1, 0.15) is 5.69 Å². The first-order valence-corrected chi connectivity index (χ1v) is 10.9. The number of hydrogen-bond donors (Lipinski definition) is 5. The summed E-state index contributed by atoms with van der Waals surface area (Å²) in [7, 11) is 0. The van der Waals surface area contributed by atoms with E-state index in [9.17, 15) is 9.59 Å². The van der Waals surface area contributed by atoms with Crippen molar-refractivity contribution in [2.75, 3.05) is 17.2 Å². The second-order valence-corrected chi connectivity index (χ2v) is 8.40. The van der Waals surface area contributed by atoms with Crippen LogP contribution in [-0.2, 0) is 4.79 Å². The molecule has 162 valence electrons. The van der Waals surface area contributed by atoms with E-state index in [0.717, 1.165) is 29.2 Å². The lowest BCUT2D eigenvalue weighted by Crippen LogP contribution is -2.35. The van der Waals surface area contributed by atoms with Crippen LogP contribution < -0.4 is 16.0 Å². The van der Waals surface area contributed by atoms with Gasteiger partial charge in [-0.2, -0.15) is 0 Å². The van der Waals surface area contributed by atoms with E-state index in [1.54, 1.807) is 12.1 Å². The summed E-state index contributed by atoms with van der Waals surface area (Å²) in [6, 6.07) is 12.5. The smallest absolute Gasteiger partial charge is 0.272 e. The van der Waals surface area contributed by atoms with Gasteiger partial charge in [0, 0.05) is 15.4 Å². The Bertz CT molecular complexity index is 1290. The maximum absolute atomic E-state index is 13.0. The fourth-order valence-electron chi connectivity index (χ4n) is 3.80. The van der Waals surface area contributed by atoms with E-state index in [1.807, 2.05) is 30.3 Å². The third kappa shape index (κ3) is 3.99. The molecule has 1 unspecified atom stereocenters. The van der Waals surface area contributed by atoms with Gasteiger partial charge in [0.15, 0.2) is 5.82 Å². The van der Waals surface area contributed by atoms with Gasteiger partial charge in [-0.3, -0.25) is 9.59 Å². The number of tetrazole rings is 1. The first-order chi connectivity index (χ1) is 15.6. The fourth-order valence-corrected chi connectivity index (χ4v) is 4.16. The molecule has 0 saturated carbocycles. The van der Waals surface area contributed by atoms with E-state index in [1.165, 1.54) is 0 Å². The Labute approximate surface area is 190 Å². The van der Waals surface area contributed by atoms with Crippen molar-refractivity contribution >= 4 is 50.0 Å². The summed E-state index contributed by atoms with van der Waals surface area (Å²) in [5.74, 6) is 0.0338. The molecule has 32 heavy (non-hydrogen) atoms. The van der Waals surface area contributed by atoms with Crippen LogP contribution in [0.2, 0.25) is 0 Å². The molecule has 0 aliphatic carbocycles. The van der Waals surface area contributed by atoms with Gasteiger partial charge < -0.3 is 20.9 Å². The Balaban J connectivity index is 1.41. The summed E-state index contributed by atoms with van der Waals surface area (Å²) in [6.45, 7) is 0.845. The number of halogens is 1. The monoisotopic (exact) mass is 494 g/mol. The molecular weight excluding hydrogens is 476 g/mol. The number of aromatic amines is 2. The quantitative estimate of drug-likeness (QED) is 0.288. The number of benzene rings is 2. The van der Waals surface area contributed by atoms with Gasteiger partial charge >= 0.3 is 0 Å². The number of amides is 2. The Morgan fingerprint density at radius 2 is 2.00 bits per heavy atom. The van der Waals surface area contributed by atoms with Crippen molar-refractivity contribution in [2.24, 2.45) is 0 Å². The van der Waals surface area contributed by atoms with Crippen LogP contribution in [0.4, 0.5) is 11.4 Å². The van der Waals surface area contributed by atoms with Crippen LogP contribution in [0.5, 0.6) is 0 Å². The molecule has 2 aromatic heterocycles. The van der Waals surface area contributed by atoms with Gasteiger partial charge in [-0.1, -0.05) is 28.1 Å². The number of carbonyl (C=O) groups is 2. The van der Waals surface area contributed by atoms with E-state index in [-0.39, 0.29) is 17.9 Å². The van der Waals surface area contributed by atoms with Crippen molar-refractivity contribution in [1.29, 1.82) is 0 Å². The van der Waals surface area contributed by atoms with Gasteiger partial charge in [-0.25, -0.2) is 5.10 Å². The Morgan fingerprint density at radius 1 is 1.09 bits per heavy atom. The van der Waals surface area contributed by atoms with E-state index in [4.69, 9.17) is 0 Å². The molecule has 4 aromatic rings. The van der Waals surface area contributed by atoms with Crippen LogP contribution in [0.15, 0.2) is 46.9 Å². The molecule has 2 amide bonds. The van der Waals surface area contributed by atoms with Crippen LogP contribution >= 0.6 is 15.9 Å². The lowest BCUT2D eigenvalue weighted by molar-refractivity contribution is -0.117. The average molecular weight is 495 g/mol. The molecule has 1 atom stereocenters. The number of para-hydroxylation sites is 1. The van der Waals surface area contributed by atoms with Crippen LogP contribution in [0.3, 0.4) is 0 Å². The Morgan fingerprint density at radius 3 is 2.78 bits per heavy atom. The van der Waals surface area contributed by atoms with Crippen LogP contribution in [0.1, 0.15) is 23.3 Å². The molecule has 1 aliphatic rings. The number of hydrogen-bond acceptors (Lipinski definition) is 6. The summed E-state index contributed by atoms with van der Waals surface area (Å²) in [5.41, 5.74) is 2.89. The highest BCUT2D eigenvalue weighted by Gasteiger charge is 2.23. The molecular formula is C21H19BrN8O2. The SMILES string of the molecule is O=C(Nc1ccc(Br)cc1-c1nnn[nH]1)c1cc2cccc(NC(=O)C3CCCN3)c2[nH]1. The second kappa shape index (κ2) is 8.52. The van der Waals surface area contributed by atoms with Crippen molar-refractivity contribution in [1.82, 2.24) is 30.9 Å². The molecule has 1 saturated heterocycles. The zero-order chi connectivity index (χ0) is 22.1. The molecule has 0 spiro atoms. The van der Waals surface area contributed by atoms with E-state index in [2.05, 4.69) is 57.5 Å². The summed E-state index contributed by atoms with van der Waals surface area (Å²) in [5, 5.41) is 23.7. The van der Waals surface area contributed by atoms with E-state index >= 15 is 0 Å². The first-order valence-electron chi connectivity index (χ1n) is 10.1. The predicted molar refractivity (Wildman–Crippen MR) is 123 cm³/mol. The predicted octanol–water partition coefficient (Wildman–Crippen LogP) is 3.05. The third-order valence-corrected chi connectivity index (χ3v) is 5.86. The van der Waals surface area contributed by atoms with Crippen LogP contribution in [0, 0.1) is 0 Å². The van der Waals surface area contributed by atoms with Gasteiger partial charge in [0.2, 0.25) is 5.91 Å². The van der Waals surface area contributed by atoms with Gasteiger partial charge in [-0.05, 0) is 60.1 Å². The second-order valence-electron chi connectivity index (χ2n) is 7.48. The highest BCUT2D eigenvalue weighted by Crippen LogP contribution is 2.29. The molecule has 11 heteroatoms.